The Bertz CT molecular complexity index is 301. The molecule has 0 spiro atoms. The predicted octanol–water partition coefficient (Wildman–Crippen LogP) is 2.56. The highest BCUT2D eigenvalue weighted by molar-refractivity contribution is 5.36. The number of hydrogen-bond donors (Lipinski definition) is 1. The highest BCUT2D eigenvalue weighted by Gasteiger charge is 2.45. The van der Waals surface area contributed by atoms with Gasteiger partial charge in [0.05, 0.1) is 11.1 Å². The van der Waals surface area contributed by atoms with Crippen molar-refractivity contribution in [2.24, 2.45) is 11.7 Å². The van der Waals surface area contributed by atoms with Crippen molar-refractivity contribution in [1.29, 1.82) is 0 Å². The first kappa shape index (κ1) is 11.0. The Kier molecular flexibility index (Phi) is 2.58. The standard InChI is InChI=1S/C10H12F3N/c1-7-5-3-4-6-9(7,14)8(2)10(11,12)13/h3-7H,2,14H2,1H3. The van der Waals surface area contributed by atoms with Crippen LogP contribution in [0.1, 0.15) is 6.92 Å². The first-order valence-corrected chi connectivity index (χ1v) is 4.20. The van der Waals surface area contributed by atoms with Crippen LogP contribution in [-0.2, 0) is 0 Å². The zero-order valence-electron chi connectivity index (χ0n) is 7.81. The highest BCUT2D eigenvalue weighted by Crippen LogP contribution is 2.37. The summed E-state index contributed by atoms with van der Waals surface area (Å²) in [5.74, 6) is -0.401. The van der Waals surface area contributed by atoms with E-state index in [-0.39, 0.29) is 0 Å². The van der Waals surface area contributed by atoms with Gasteiger partial charge in [0.25, 0.3) is 0 Å². The van der Waals surface area contributed by atoms with E-state index in [1.807, 2.05) is 0 Å². The summed E-state index contributed by atoms with van der Waals surface area (Å²) >= 11 is 0. The molecule has 0 amide bonds. The fraction of sp³-hybridized carbons (Fsp3) is 0.400. The summed E-state index contributed by atoms with van der Waals surface area (Å²) in [6.45, 7) is 4.67. The molecule has 78 valence electrons. The summed E-state index contributed by atoms with van der Waals surface area (Å²) in [4.78, 5) is 0. The van der Waals surface area contributed by atoms with Gasteiger partial charge >= 0.3 is 6.18 Å². The van der Waals surface area contributed by atoms with E-state index >= 15 is 0 Å². The van der Waals surface area contributed by atoms with Gasteiger partial charge in [-0.25, -0.2) is 0 Å². The number of nitrogens with two attached hydrogens (primary N) is 1. The van der Waals surface area contributed by atoms with Crippen LogP contribution in [0.15, 0.2) is 36.5 Å². The topological polar surface area (TPSA) is 26.0 Å². The van der Waals surface area contributed by atoms with Crippen LogP contribution >= 0.6 is 0 Å². The molecular weight excluding hydrogens is 191 g/mol. The molecule has 0 heterocycles. The quantitative estimate of drug-likeness (QED) is 0.651. The lowest BCUT2D eigenvalue weighted by Gasteiger charge is -2.35. The second-order valence-corrected chi connectivity index (χ2v) is 3.44. The lowest BCUT2D eigenvalue weighted by atomic mass is 9.77. The Balaban J connectivity index is 3.02. The molecule has 2 unspecified atom stereocenters. The van der Waals surface area contributed by atoms with Crippen LogP contribution in [0.5, 0.6) is 0 Å². The molecule has 1 rings (SSSR count). The van der Waals surface area contributed by atoms with E-state index < -0.39 is 23.2 Å². The van der Waals surface area contributed by atoms with Crippen molar-refractivity contribution < 1.29 is 13.2 Å². The fourth-order valence-electron chi connectivity index (χ4n) is 1.38. The van der Waals surface area contributed by atoms with Crippen molar-refractivity contribution in [3.8, 4) is 0 Å². The van der Waals surface area contributed by atoms with Crippen LogP contribution in [0.3, 0.4) is 0 Å². The molecule has 1 aliphatic rings. The van der Waals surface area contributed by atoms with Gasteiger partial charge in [-0.2, -0.15) is 13.2 Å². The van der Waals surface area contributed by atoms with Crippen LogP contribution < -0.4 is 5.73 Å². The van der Waals surface area contributed by atoms with Gasteiger partial charge in [-0.1, -0.05) is 37.8 Å². The maximum Gasteiger partial charge on any atom is 0.414 e. The van der Waals surface area contributed by atoms with E-state index in [1.54, 1.807) is 19.1 Å². The molecule has 0 aromatic heterocycles. The van der Waals surface area contributed by atoms with Crippen LogP contribution in [0, 0.1) is 5.92 Å². The number of hydrogen-bond acceptors (Lipinski definition) is 1. The Labute approximate surface area is 80.8 Å². The molecule has 0 aliphatic heterocycles. The van der Waals surface area contributed by atoms with Crippen molar-refractivity contribution in [1.82, 2.24) is 0 Å². The van der Waals surface area contributed by atoms with Crippen LogP contribution in [0.2, 0.25) is 0 Å². The monoisotopic (exact) mass is 203 g/mol. The summed E-state index contributed by atoms with van der Waals surface area (Å²) in [5, 5.41) is 0. The molecule has 0 radical (unpaired) electrons. The van der Waals surface area contributed by atoms with Crippen molar-refractivity contribution in [3.05, 3.63) is 36.5 Å². The molecule has 0 aromatic rings. The largest absolute Gasteiger partial charge is 0.414 e. The molecule has 1 nitrogen and oxygen atoms in total. The fourth-order valence-corrected chi connectivity index (χ4v) is 1.38. The summed E-state index contributed by atoms with van der Waals surface area (Å²) in [5.41, 5.74) is 3.26. The minimum Gasteiger partial charge on any atom is -0.318 e. The van der Waals surface area contributed by atoms with Crippen molar-refractivity contribution in [3.63, 3.8) is 0 Å². The Morgan fingerprint density at radius 2 is 2.00 bits per heavy atom. The van der Waals surface area contributed by atoms with E-state index in [2.05, 4.69) is 6.58 Å². The number of halogens is 3. The Morgan fingerprint density at radius 1 is 1.43 bits per heavy atom. The van der Waals surface area contributed by atoms with Crippen LogP contribution in [0.4, 0.5) is 13.2 Å². The van der Waals surface area contributed by atoms with Gasteiger partial charge in [0, 0.05) is 5.92 Å². The Morgan fingerprint density at radius 3 is 2.43 bits per heavy atom. The number of allylic oxidation sites excluding steroid dienone is 2. The van der Waals surface area contributed by atoms with Gasteiger partial charge in [0.15, 0.2) is 0 Å². The van der Waals surface area contributed by atoms with Gasteiger partial charge in [0.2, 0.25) is 0 Å². The third kappa shape index (κ3) is 1.75. The van der Waals surface area contributed by atoms with E-state index in [1.165, 1.54) is 12.2 Å². The molecule has 0 bridgehead atoms. The average molecular weight is 203 g/mol. The van der Waals surface area contributed by atoms with Gasteiger partial charge in [0.1, 0.15) is 0 Å². The lowest BCUT2D eigenvalue weighted by Crippen LogP contribution is -2.49. The zero-order chi connectivity index (χ0) is 11.0. The molecule has 0 saturated heterocycles. The second kappa shape index (κ2) is 3.28. The minimum atomic E-state index is -4.45. The molecule has 4 heteroatoms. The van der Waals surface area contributed by atoms with Crippen LogP contribution in [0.25, 0.3) is 0 Å². The highest BCUT2D eigenvalue weighted by atomic mass is 19.4. The van der Waals surface area contributed by atoms with Gasteiger partial charge in [-0.3, -0.25) is 0 Å². The summed E-state index contributed by atoms with van der Waals surface area (Å²) < 4.78 is 37.2. The molecule has 2 atom stereocenters. The molecule has 0 saturated carbocycles. The van der Waals surface area contributed by atoms with Crippen molar-refractivity contribution in [2.45, 2.75) is 18.6 Å². The van der Waals surface area contributed by atoms with Gasteiger partial charge in [-0.15, -0.1) is 0 Å². The minimum absolute atomic E-state index is 0.401. The molecule has 1 aliphatic carbocycles. The van der Waals surface area contributed by atoms with Crippen molar-refractivity contribution >= 4 is 0 Å². The third-order valence-electron chi connectivity index (χ3n) is 2.50. The average Bonchev–Trinajstić information content (AvgIpc) is 2.07. The zero-order valence-corrected chi connectivity index (χ0v) is 7.81. The van der Waals surface area contributed by atoms with Crippen molar-refractivity contribution in [2.75, 3.05) is 0 Å². The van der Waals surface area contributed by atoms with E-state index in [0.717, 1.165) is 0 Å². The third-order valence-corrected chi connectivity index (χ3v) is 2.50. The lowest BCUT2D eigenvalue weighted by molar-refractivity contribution is -0.0996. The summed E-state index contributed by atoms with van der Waals surface area (Å²) in [6, 6.07) is 0. The first-order chi connectivity index (χ1) is 6.28. The second-order valence-electron chi connectivity index (χ2n) is 3.44. The molecule has 2 N–H and O–H groups in total. The Hall–Kier alpha value is -1.03. The molecule has 0 fully saturated rings. The summed E-state index contributed by atoms with van der Waals surface area (Å²) in [6.07, 6.45) is 1.72. The molecule has 0 aromatic carbocycles. The summed E-state index contributed by atoms with van der Waals surface area (Å²) in [7, 11) is 0. The van der Waals surface area contributed by atoms with E-state index in [9.17, 15) is 13.2 Å². The maximum absolute atomic E-state index is 12.4. The van der Waals surface area contributed by atoms with Crippen LogP contribution in [-0.4, -0.2) is 11.7 Å². The number of alkyl halides is 3. The maximum atomic E-state index is 12.4. The number of rotatable bonds is 1. The normalized spacial score (nSPS) is 31.9. The van der Waals surface area contributed by atoms with E-state index in [4.69, 9.17) is 5.73 Å². The predicted molar refractivity (Wildman–Crippen MR) is 49.6 cm³/mol. The van der Waals surface area contributed by atoms with Gasteiger partial charge < -0.3 is 5.73 Å². The SMILES string of the molecule is C=C(C(F)(F)F)C1(N)C=CC=CC1C. The molecule has 14 heavy (non-hydrogen) atoms. The smallest absolute Gasteiger partial charge is 0.318 e. The van der Waals surface area contributed by atoms with Gasteiger partial charge in [-0.05, 0) is 0 Å². The van der Waals surface area contributed by atoms with E-state index in [0.29, 0.717) is 0 Å². The first-order valence-electron chi connectivity index (χ1n) is 4.20. The molecular formula is C10H12F3N.